The molecule has 0 bridgehead atoms. The van der Waals surface area contributed by atoms with Crippen molar-refractivity contribution in [3.05, 3.63) is 0 Å². The molecular weight excluding hydrogens is 250 g/mol. The Morgan fingerprint density at radius 1 is 1.26 bits per heavy atom. The average Bonchev–Trinajstić information content (AvgIpc) is 2.32. The fraction of sp³-hybridized carbons (Fsp3) is 0.750. The molecule has 0 spiro atoms. The molecule has 0 unspecified atom stereocenters. The fourth-order valence-corrected chi connectivity index (χ4v) is 1.40. The van der Waals surface area contributed by atoms with Crippen LogP contribution >= 0.6 is 0 Å². The number of carboxylic acids is 1. The number of amides is 3. The lowest BCUT2D eigenvalue weighted by Gasteiger charge is -2.23. The molecule has 0 fully saturated rings. The molecule has 0 aromatic rings. The number of likely N-dealkylation sites (N-methyl/N-ethyl adjacent to an activating group) is 1. The first kappa shape index (κ1) is 17.2. The van der Waals surface area contributed by atoms with E-state index in [1.54, 1.807) is 7.05 Å². The summed E-state index contributed by atoms with van der Waals surface area (Å²) in [6.45, 7) is 5.99. The van der Waals surface area contributed by atoms with Crippen molar-refractivity contribution in [1.29, 1.82) is 0 Å². The normalized spacial score (nSPS) is 10.2. The van der Waals surface area contributed by atoms with Crippen LogP contribution in [0.1, 0.15) is 20.8 Å². The Hall–Kier alpha value is -1.79. The van der Waals surface area contributed by atoms with Gasteiger partial charge in [0.1, 0.15) is 6.54 Å². The lowest BCUT2D eigenvalue weighted by Crippen LogP contribution is -2.47. The summed E-state index contributed by atoms with van der Waals surface area (Å²) in [5, 5.41) is 11.2. The molecule has 0 aromatic heterocycles. The van der Waals surface area contributed by atoms with Crippen molar-refractivity contribution >= 4 is 17.9 Å². The molecule has 0 radical (unpaired) electrons. The van der Waals surface area contributed by atoms with E-state index in [0.717, 1.165) is 0 Å². The molecule has 0 aromatic carbocycles. The fourth-order valence-electron chi connectivity index (χ4n) is 1.40. The molecule has 2 N–H and O–H groups in total. The van der Waals surface area contributed by atoms with Crippen LogP contribution in [0.2, 0.25) is 0 Å². The van der Waals surface area contributed by atoms with Crippen molar-refractivity contribution in [3.63, 3.8) is 0 Å². The summed E-state index contributed by atoms with van der Waals surface area (Å²) in [5.74, 6) is -1.14. The van der Waals surface area contributed by atoms with Gasteiger partial charge in [-0.3, -0.25) is 9.59 Å². The van der Waals surface area contributed by atoms with E-state index in [4.69, 9.17) is 5.11 Å². The monoisotopic (exact) mass is 273 g/mol. The molecule has 0 heterocycles. The maximum absolute atomic E-state index is 11.8. The Morgan fingerprint density at radius 3 is 2.26 bits per heavy atom. The summed E-state index contributed by atoms with van der Waals surface area (Å²) >= 11 is 0. The Kier molecular flexibility index (Phi) is 7.55. The van der Waals surface area contributed by atoms with E-state index in [9.17, 15) is 14.4 Å². The molecule has 3 amide bonds. The highest BCUT2D eigenvalue weighted by atomic mass is 16.4. The molecule has 7 nitrogen and oxygen atoms in total. The Labute approximate surface area is 113 Å². The zero-order valence-corrected chi connectivity index (χ0v) is 12.0. The lowest BCUT2D eigenvalue weighted by atomic mass is 10.2. The molecule has 7 heteroatoms. The Morgan fingerprint density at radius 2 is 1.84 bits per heavy atom. The van der Waals surface area contributed by atoms with Gasteiger partial charge in [-0.2, -0.15) is 0 Å². The quantitative estimate of drug-likeness (QED) is 0.694. The van der Waals surface area contributed by atoms with Crippen molar-refractivity contribution in [3.8, 4) is 0 Å². The van der Waals surface area contributed by atoms with Crippen LogP contribution in [0.4, 0.5) is 4.79 Å². The molecule has 0 saturated carbocycles. The number of urea groups is 1. The minimum atomic E-state index is -1.08. The topological polar surface area (TPSA) is 90.0 Å². The predicted octanol–water partition coefficient (Wildman–Crippen LogP) is 0.217. The number of aliphatic carboxylic acids is 1. The highest BCUT2D eigenvalue weighted by molar-refractivity contribution is 5.85. The van der Waals surface area contributed by atoms with E-state index in [1.807, 2.05) is 20.8 Å². The molecule has 0 atom stereocenters. The van der Waals surface area contributed by atoms with Crippen LogP contribution in [0.15, 0.2) is 0 Å². The standard InChI is InChI=1S/C12H23N3O4/c1-5-14(4)10(16)6-13-12(19)15(7-9(2)3)8-11(17)18/h9H,5-8H2,1-4H3,(H,13,19)(H,17,18). The van der Waals surface area contributed by atoms with Gasteiger partial charge in [0.2, 0.25) is 5.91 Å². The highest BCUT2D eigenvalue weighted by Crippen LogP contribution is 1.99. The zero-order chi connectivity index (χ0) is 15.0. The predicted molar refractivity (Wildman–Crippen MR) is 70.8 cm³/mol. The first-order chi connectivity index (χ1) is 8.77. The summed E-state index contributed by atoms with van der Waals surface area (Å²) in [4.78, 5) is 36.7. The molecule has 110 valence electrons. The lowest BCUT2D eigenvalue weighted by molar-refractivity contribution is -0.137. The number of rotatable bonds is 7. The van der Waals surface area contributed by atoms with Gasteiger partial charge in [0.05, 0.1) is 6.54 Å². The molecule has 19 heavy (non-hydrogen) atoms. The number of carboxylic acid groups (broad SMARTS) is 1. The number of nitrogens with zero attached hydrogens (tertiary/aromatic N) is 2. The van der Waals surface area contributed by atoms with Gasteiger partial charge in [-0.25, -0.2) is 4.79 Å². The summed E-state index contributed by atoms with van der Waals surface area (Å²) in [5.41, 5.74) is 0. The second-order valence-corrected chi connectivity index (χ2v) is 4.73. The first-order valence-electron chi connectivity index (χ1n) is 6.26. The smallest absolute Gasteiger partial charge is 0.323 e. The van der Waals surface area contributed by atoms with E-state index in [-0.39, 0.29) is 24.9 Å². The van der Waals surface area contributed by atoms with Crippen molar-refractivity contribution in [1.82, 2.24) is 15.1 Å². The van der Waals surface area contributed by atoms with Gasteiger partial charge in [-0.1, -0.05) is 13.8 Å². The number of carbonyl (C=O) groups excluding carboxylic acids is 2. The second-order valence-electron chi connectivity index (χ2n) is 4.73. The summed E-state index contributed by atoms with van der Waals surface area (Å²) in [6.07, 6.45) is 0. The number of carbonyl (C=O) groups is 3. The Balaban J connectivity index is 4.39. The largest absolute Gasteiger partial charge is 0.480 e. The molecule has 0 aliphatic heterocycles. The van der Waals surface area contributed by atoms with Crippen LogP contribution in [0.3, 0.4) is 0 Å². The third-order valence-corrected chi connectivity index (χ3v) is 2.49. The van der Waals surface area contributed by atoms with Crippen molar-refractivity contribution < 1.29 is 19.5 Å². The zero-order valence-electron chi connectivity index (χ0n) is 12.0. The SMILES string of the molecule is CCN(C)C(=O)CNC(=O)N(CC(=O)O)CC(C)C. The summed E-state index contributed by atoms with van der Waals surface area (Å²) in [6, 6.07) is -0.533. The first-order valence-corrected chi connectivity index (χ1v) is 6.26. The van der Waals surface area contributed by atoms with Crippen molar-refractivity contribution in [2.75, 3.05) is 33.2 Å². The third kappa shape index (κ3) is 7.28. The minimum Gasteiger partial charge on any atom is -0.480 e. The second kappa shape index (κ2) is 8.34. The third-order valence-electron chi connectivity index (χ3n) is 2.49. The van der Waals surface area contributed by atoms with Crippen LogP contribution in [0, 0.1) is 5.92 Å². The molecule has 0 rings (SSSR count). The van der Waals surface area contributed by atoms with Gasteiger partial charge in [0.15, 0.2) is 0 Å². The van der Waals surface area contributed by atoms with E-state index >= 15 is 0 Å². The maximum atomic E-state index is 11.8. The molecule has 0 saturated heterocycles. The van der Waals surface area contributed by atoms with Crippen molar-refractivity contribution in [2.45, 2.75) is 20.8 Å². The summed E-state index contributed by atoms with van der Waals surface area (Å²) in [7, 11) is 1.64. The number of nitrogens with one attached hydrogen (secondary N) is 1. The van der Waals surface area contributed by atoms with E-state index in [1.165, 1.54) is 9.80 Å². The number of hydrogen-bond acceptors (Lipinski definition) is 3. The van der Waals surface area contributed by atoms with Gasteiger partial charge in [0, 0.05) is 20.1 Å². The molecule has 0 aliphatic rings. The highest BCUT2D eigenvalue weighted by Gasteiger charge is 2.18. The van der Waals surface area contributed by atoms with Gasteiger partial charge >= 0.3 is 12.0 Å². The van der Waals surface area contributed by atoms with Gasteiger partial charge < -0.3 is 20.2 Å². The minimum absolute atomic E-state index is 0.128. The molecular formula is C12H23N3O4. The van der Waals surface area contributed by atoms with Crippen LogP contribution in [0.25, 0.3) is 0 Å². The van der Waals surface area contributed by atoms with E-state index in [0.29, 0.717) is 13.1 Å². The van der Waals surface area contributed by atoms with Crippen LogP contribution < -0.4 is 5.32 Å². The van der Waals surface area contributed by atoms with Crippen LogP contribution in [-0.2, 0) is 9.59 Å². The average molecular weight is 273 g/mol. The maximum Gasteiger partial charge on any atom is 0.323 e. The Bertz CT molecular complexity index is 331. The van der Waals surface area contributed by atoms with Crippen LogP contribution in [-0.4, -0.2) is 66.0 Å². The van der Waals surface area contributed by atoms with Gasteiger partial charge in [-0.05, 0) is 12.8 Å². The molecule has 0 aliphatic carbocycles. The summed E-state index contributed by atoms with van der Waals surface area (Å²) < 4.78 is 0. The van der Waals surface area contributed by atoms with Crippen LogP contribution in [0.5, 0.6) is 0 Å². The van der Waals surface area contributed by atoms with E-state index < -0.39 is 12.0 Å². The van der Waals surface area contributed by atoms with Gasteiger partial charge in [-0.15, -0.1) is 0 Å². The van der Waals surface area contributed by atoms with Crippen molar-refractivity contribution in [2.24, 2.45) is 5.92 Å². The number of hydrogen-bond donors (Lipinski definition) is 2. The van der Waals surface area contributed by atoms with E-state index in [2.05, 4.69) is 5.32 Å². The van der Waals surface area contributed by atoms with Gasteiger partial charge in [0.25, 0.3) is 0 Å².